The van der Waals surface area contributed by atoms with Crippen molar-refractivity contribution in [1.82, 2.24) is 14.8 Å². The van der Waals surface area contributed by atoms with E-state index in [-0.39, 0.29) is 11.9 Å². The van der Waals surface area contributed by atoms with Gasteiger partial charge < -0.3 is 4.90 Å². The number of anilines is 1. The van der Waals surface area contributed by atoms with Gasteiger partial charge in [-0.15, -0.1) is 11.3 Å². The lowest BCUT2D eigenvalue weighted by molar-refractivity contribution is 0.0983. The molecule has 0 saturated carbocycles. The molecular formula is C22H20N4OS. The number of carbonyl (C=O) groups excluding carboxylic acids is 1. The number of aromatic nitrogens is 3. The predicted molar refractivity (Wildman–Crippen MR) is 113 cm³/mol. The van der Waals surface area contributed by atoms with Crippen molar-refractivity contribution in [3.8, 4) is 10.6 Å². The Hall–Kier alpha value is -2.99. The lowest BCUT2D eigenvalue weighted by atomic mass is 10.1. The second-order valence-electron chi connectivity index (χ2n) is 7.30. The Morgan fingerprint density at radius 2 is 2.04 bits per heavy atom. The van der Waals surface area contributed by atoms with Gasteiger partial charge in [0.1, 0.15) is 0 Å². The number of rotatable bonds is 2. The maximum Gasteiger partial charge on any atom is 0.259 e. The van der Waals surface area contributed by atoms with E-state index in [2.05, 4.69) is 18.1 Å². The third-order valence-electron chi connectivity index (χ3n) is 5.40. The number of aryl methyl sites for hydroxylation is 2. The third-order valence-corrected chi connectivity index (χ3v) is 6.29. The van der Waals surface area contributed by atoms with E-state index in [4.69, 9.17) is 4.98 Å². The summed E-state index contributed by atoms with van der Waals surface area (Å²) >= 11 is 1.62. The lowest BCUT2D eigenvalue weighted by Gasteiger charge is -2.23. The molecule has 1 atom stereocenters. The molecule has 5 nitrogen and oxygen atoms in total. The third kappa shape index (κ3) is 2.48. The molecule has 0 radical (unpaired) electrons. The van der Waals surface area contributed by atoms with Gasteiger partial charge in [-0.25, -0.2) is 4.98 Å². The minimum absolute atomic E-state index is 0.0127. The molecule has 5 rings (SSSR count). The van der Waals surface area contributed by atoms with E-state index in [0.29, 0.717) is 5.56 Å². The smallest absolute Gasteiger partial charge is 0.259 e. The molecule has 0 fully saturated rings. The molecule has 0 N–H and O–H groups in total. The van der Waals surface area contributed by atoms with Crippen LogP contribution in [0.5, 0.6) is 0 Å². The Labute approximate surface area is 167 Å². The van der Waals surface area contributed by atoms with Gasteiger partial charge in [-0.1, -0.05) is 24.3 Å². The monoisotopic (exact) mass is 388 g/mol. The first-order chi connectivity index (χ1) is 13.5. The van der Waals surface area contributed by atoms with E-state index in [1.807, 2.05) is 60.6 Å². The van der Waals surface area contributed by atoms with Crippen LogP contribution in [0.25, 0.3) is 21.6 Å². The van der Waals surface area contributed by atoms with Crippen LogP contribution in [0.2, 0.25) is 0 Å². The lowest BCUT2D eigenvalue weighted by Crippen LogP contribution is -2.36. The fourth-order valence-corrected chi connectivity index (χ4v) is 4.85. The van der Waals surface area contributed by atoms with Gasteiger partial charge >= 0.3 is 0 Å². The zero-order valence-electron chi connectivity index (χ0n) is 16.0. The summed E-state index contributed by atoms with van der Waals surface area (Å²) < 4.78 is 1.76. The normalized spacial score (nSPS) is 16.0. The number of nitrogens with zero attached hydrogens (tertiary/aromatic N) is 4. The van der Waals surface area contributed by atoms with E-state index in [1.54, 1.807) is 16.0 Å². The summed E-state index contributed by atoms with van der Waals surface area (Å²) in [5.74, 6) is 0.0127. The molecule has 1 amide bonds. The summed E-state index contributed by atoms with van der Waals surface area (Å²) in [6.45, 7) is 4.04. The number of carbonyl (C=O) groups is 1. The Morgan fingerprint density at radius 1 is 1.21 bits per heavy atom. The van der Waals surface area contributed by atoms with Crippen LogP contribution in [0.1, 0.15) is 28.5 Å². The van der Waals surface area contributed by atoms with Crippen molar-refractivity contribution in [2.24, 2.45) is 7.05 Å². The summed E-state index contributed by atoms with van der Waals surface area (Å²) in [7, 11) is 1.88. The summed E-state index contributed by atoms with van der Waals surface area (Å²) in [6.07, 6.45) is 0.875. The number of benzene rings is 1. The van der Waals surface area contributed by atoms with Crippen molar-refractivity contribution in [2.45, 2.75) is 26.3 Å². The molecule has 1 aliphatic rings. The molecule has 1 aliphatic heterocycles. The Kier molecular flexibility index (Phi) is 3.84. The standard InChI is InChI=1S/C22H20N4OS/c1-13-11-15-7-4-5-8-18(15)26(13)22(27)16-12-17(19-9-6-10-28-19)23-21-20(16)14(2)24-25(21)3/h4-10,12-13H,11H2,1-3H3. The number of para-hydroxylation sites is 1. The van der Waals surface area contributed by atoms with Crippen molar-refractivity contribution in [3.05, 3.63) is 64.7 Å². The predicted octanol–water partition coefficient (Wildman–Crippen LogP) is 4.60. The fourth-order valence-electron chi connectivity index (χ4n) is 4.17. The highest BCUT2D eigenvalue weighted by Crippen LogP contribution is 2.36. The summed E-state index contributed by atoms with van der Waals surface area (Å²) in [4.78, 5) is 21.6. The van der Waals surface area contributed by atoms with E-state index in [0.717, 1.165) is 39.4 Å². The largest absolute Gasteiger partial charge is 0.305 e. The van der Waals surface area contributed by atoms with Crippen molar-refractivity contribution < 1.29 is 4.79 Å². The van der Waals surface area contributed by atoms with Crippen molar-refractivity contribution >= 4 is 34.0 Å². The summed E-state index contributed by atoms with van der Waals surface area (Å²) in [5, 5.41) is 7.39. The average Bonchev–Trinajstić information content (AvgIpc) is 3.39. The Bertz CT molecular complexity index is 1210. The van der Waals surface area contributed by atoms with Gasteiger partial charge in [0.05, 0.1) is 27.2 Å². The maximum absolute atomic E-state index is 13.8. The molecule has 6 heteroatoms. The van der Waals surface area contributed by atoms with Gasteiger partial charge in [0.25, 0.3) is 5.91 Å². The van der Waals surface area contributed by atoms with E-state index in [9.17, 15) is 4.79 Å². The van der Waals surface area contributed by atoms with Crippen LogP contribution in [-0.2, 0) is 13.5 Å². The number of fused-ring (bicyclic) bond motifs is 2. The van der Waals surface area contributed by atoms with Gasteiger partial charge in [0.2, 0.25) is 0 Å². The number of hydrogen-bond acceptors (Lipinski definition) is 4. The fraction of sp³-hybridized carbons (Fsp3) is 0.227. The van der Waals surface area contributed by atoms with Crippen LogP contribution >= 0.6 is 11.3 Å². The average molecular weight is 388 g/mol. The minimum atomic E-state index is 0.0127. The first kappa shape index (κ1) is 17.1. The van der Waals surface area contributed by atoms with Crippen molar-refractivity contribution in [2.75, 3.05) is 4.90 Å². The zero-order valence-corrected chi connectivity index (χ0v) is 16.8. The molecule has 140 valence electrons. The first-order valence-electron chi connectivity index (χ1n) is 9.34. The summed E-state index contributed by atoms with van der Waals surface area (Å²) in [5.41, 5.74) is 5.27. The molecule has 4 aromatic rings. The van der Waals surface area contributed by atoms with E-state index < -0.39 is 0 Å². The molecule has 0 saturated heterocycles. The molecule has 1 unspecified atom stereocenters. The molecule has 1 aromatic carbocycles. The molecular weight excluding hydrogens is 368 g/mol. The summed E-state index contributed by atoms with van der Waals surface area (Å²) in [6, 6.07) is 14.2. The first-order valence-corrected chi connectivity index (χ1v) is 10.2. The highest BCUT2D eigenvalue weighted by atomic mass is 32.1. The van der Waals surface area contributed by atoms with Crippen LogP contribution in [0.15, 0.2) is 47.8 Å². The van der Waals surface area contributed by atoms with E-state index >= 15 is 0 Å². The van der Waals surface area contributed by atoms with Crippen molar-refractivity contribution in [3.63, 3.8) is 0 Å². The molecule has 3 aromatic heterocycles. The number of thiophene rings is 1. The van der Waals surface area contributed by atoms with Gasteiger partial charge in [-0.05, 0) is 49.4 Å². The van der Waals surface area contributed by atoms with Gasteiger partial charge in [-0.2, -0.15) is 5.10 Å². The molecule has 0 bridgehead atoms. The quantitative estimate of drug-likeness (QED) is 0.504. The second kappa shape index (κ2) is 6.27. The highest BCUT2D eigenvalue weighted by molar-refractivity contribution is 7.13. The van der Waals surface area contributed by atoms with Gasteiger partial charge in [0.15, 0.2) is 5.65 Å². The van der Waals surface area contributed by atoms with Crippen LogP contribution in [-0.4, -0.2) is 26.7 Å². The molecule has 28 heavy (non-hydrogen) atoms. The van der Waals surface area contributed by atoms with Crippen LogP contribution in [0.3, 0.4) is 0 Å². The molecule has 4 heterocycles. The van der Waals surface area contributed by atoms with Crippen LogP contribution < -0.4 is 4.90 Å². The number of hydrogen-bond donors (Lipinski definition) is 0. The minimum Gasteiger partial charge on any atom is -0.305 e. The van der Waals surface area contributed by atoms with Crippen LogP contribution in [0, 0.1) is 6.92 Å². The molecule has 0 aliphatic carbocycles. The van der Waals surface area contributed by atoms with Gasteiger partial charge in [-0.3, -0.25) is 9.48 Å². The molecule has 0 spiro atoms. The zero-order chi connectivity index (χ0) is 19.4. The highest BCUT2D eigenvalue weighted by Gasteiger charge is 2.33. The number of pyridine rings is 1. The Balaban J connectivity index is 1.73. The van der Waals surface area contributed by atoms with Crippen molar-refractivity contribution in [1.29, 1.82) is 0 Å². The number of amides is 1. The van der Waals surface area contributed by atoms with Gasteiger partial charge in [0, 0.05) is 18.8 Å². The second-order valence-corrected chi connectivity index (χ2v) is 8.24. The SMILES string of the molecule is Cc1nn(C)c2nc(-c3cccs3)cc(C(=O)N3c4ccccc4CC3C)c12. The maximum atomic E-state index is 13.8. The van der Waals surface area contributed by atoms with Crippen LogP contribution in [0.4, 0.5) is 5.69 Å². The topological polar surface area (TPSA) is 51.0 Å². The van der Waals surface area contributed by atoms with E-state index in [1.165, 1.54) is 5.56 Å². The Morgan fingerprint density at radius 3 is 2.82 bits per heavy atom.